The standard InChI is InChI=1S/C13H20N2.BrH/c1-3-5-10-15-11-14(4-2)12-8-6-7-9-13(12)15;/h6-9H,3-5,10-11H2,1-2H3;1H. The lowest BCUT2D eigenvalue weighted by Gasteiger charge is -2.20. The van der Waals surface area contributed by atoms with E-state index in [9.17, 15) is 0 Å². The third-order valence-electron chi connectivity index (χ3n) is 3.07. The van der Waals surface area contributed by atoms with Gasteiger partial charge in [0.05, 0.1) is 18.0 Å². The van der Waals surface area contributed by atoms with Gasteiger partial charge in [-0.15, -0.1) is 17.0 Å². The van der Waals surface area contributed by atoms with Gasteiger partial charge in [0.2, 0.25) is 0 Å². The molecule has 90 valence electrons. The highest BCUT2D eigenvalue weighted by Gasteiger charge is 2.22. The van der Waals surface area contributed by atoms with Gasteiger partial charge in [-0.25, -0.2) is 0 Å². The third kappa shape index (κ3) is 2.51. The summed E-state index contributed by atoms with van der Waals surface area (Å²) in [6, 6.07) is 8.73. The smallest absolute Gasteiger partial charge is 0.0904 e. The number of unbranched alkanes of at least 4 members (excludes halogenated alkanes) is 1. The minimum absolute atomic E-state index is 0. The fourth-order valence-electron chi connectivity index (χ4n) is 2.17. The van der Waals surface area contributed by atoms with Crippen molar-refractivity contribution in [3.8, 4) is 0 Å². The van der Waals surface area contributed by atoms with Crippen molar-refractivity contribution in [1.29, 1.82) is 0 Å². The first-order valence-corrected chi connectivity index (χ1v) is 5.95. The summed E-state index contributed by atoms with van der Waals surface area (Å²) in [5.74, 6) is 0. The van der Waals surface area contributed by atoms with Crippen LogP contribution in [0, 0.1) is 0 Å². The Bertz CT molecular complexity index is 327. The minimum Gasteiger partial charge on any atom is -0.352 e. The van der Waals surface area contributed by atoms with Gasteiger partial charge in [-0.05, 0) is 25.5 Å². The Kier molecular flexibility index (Phi) is 5.13. The first-order valence-electron chi connectivity index (χ1n) is 5.95. The van der Waals surface area contributed by atoms with E-state index in [4.69, 9.17) is 0 Å². The van der Waals surface area contributed by atoms with E-state index in [2.05, 4.69) is 47.9 Å². The van der Waals surface area contributed by atoms with Crippen LogP contribution in [0.1, 0.15) is 26.7 Å². The van der Waals surface area contributed by atoms with Crippen molar-refractivity contribution >= 4 is 28.4 Å². The van der Waals surface area contributed by atoms with Gasteiger partial charge in [-0.1, -0.05) is 25.5 Å². The molecule has 0 spiro atoms. The maximum Gasteiger partial charge on any atom is 0.0904 e. The van der Waals surface area contributed by atoms with Crippen LogP contribution in [-0.4, -0.2) is 19.8 Å². The summed E-state index contributed by atoms with van der Waals surface area (Å²) in [5.41, 5.74) is 2.81. The van der Waals surface area contributed by atoms with Crippen LogP contribution in [0.5, 0.6) is 0 Å². The fourth-order valence-corrected chi connectivity index (χ4v) is 2.17. The molecule has 0 bridgehead atoms. The molecule has 0 aromatic heterocycles. The average Bonchev–Trinajstić information content (AvgIpc) is 2.65. The molecule has 0 saturated carbocycles. The largest absolute Gasteiger partial charge is 0.352 e. The summed E-state index contributed by atoms with van der Waals surface area (Å²) in [6.07, 6.45) is 2.55. The number of benzene rings is 1. The number of fused-ring (bicyclic) bond motifs is 1. The number of nitrogens with zero attached hydrogens (tertiary/aromatic N) is 2. The maximum absolute atomic E-state index is 2.49. The zero-order valence-corrected chi connectivity index (χ0v) is 11.9. The summed E-state index contributed by atoms with van der Waals surface area (Å²) >= 11 is 0. The van der Waals surface area contributed by atoms with E-state index in [1.54, 1.807) is 0 Å². The predicted molar refractivity (Wildman–Crippen MR) is 76.9 cm³/mol. The number of anilines is 2. The molecule has 1 aromatic rings. The van der Waals surface area contributed by atoms with E-state index in [0.717, 1.165) is 13.2 Å². The van der Waals surface area contributed by atoms with Crippen LogP contribution in [0.15, 0.2) is 24.3 Å². The van der Waals surface area contributed by atoms with Crippen LogP contribution < -0.4 is 9.80 Å². The Balaban J connectivity index is 0.00000128. The molecule has 0 N–H and O–H groups in total. The topological polar surface area (TPSA) is 6.48 Å². The number of rotatable bonds is 4. The Labute approximate surface area is 109 Å². The minimum atomic E-state index is 0. The van der Waals surface area contributed by atoms with E-state index >= 15 is 0 Å². The van der Waals surface area contributed by atoms with Gasteiger partial charge in [0, 0.05) is 13.1 Å². The molecule has 2 rings (SSSR count). The summed E-state index contributed by atoms with van der Waals surface area (Å²) in [6.45, 7) is 7.82. The van der Waals surface area contributed by atoms with Crippen molar-refractivity contribution < 1.29 is 0 Å². The second kappa shape index (κ2) is 6.14. The Morgan fingerprint density at radius 1 is 1.06 bits per heavy atom. The predicted octanol–water partition coefficient (Wildman–Crippen LogP) is 3.67. The molecular weight excluding hydrogens is 264 g/mol. The zero-order valence-electron chi connectivity index (χ0n) is 10.1. The highest BCUT2D eigenvalue weighted by atomic mass is 79.9. The van der Waals surface area contributed by atoms with Crippen LogP contribution in [-0.2, 0) is 0 Å². The molecule has 0 amide bonds. The molecule has 0 fully saturated rings. The molecule has 0 unspecified atom stereocenters. The van der Waals surface area contributed by atoms with Gasteiger partial charge in [0.25, 0.3) is 0 Å². The first kappa shape index (κ1) is 13.4. The van der Waals surface area contributed by atoms with Gasteiger partial charge in [0.15, 0.2) is 0 Å². The Morgan fingerprint density at radius 3 is 2.25 bits per heavy atom. The Morgan fingerprint density at radius 2 is 1.69 bits per heavy atom. The van der Waals surface area contributed by atoms with Crippen molar-refractivity contribution in [3.05, 3.63) is 24.3 Å². The number of hydrogen-bond acceptors (Lipinski definition) is 2. The molecule has 0 atom stereocenters. The molecule has 1 heterocycles. The van der Waals surface area contributed by atoms with Crippen molar-refractivity contribution in [1.82, 2.24) is 0 Å². The third-order valence-corrected chi connectivity index (χ3v) is 3.07. The van der Waals surface area contributed by atoms with E-state index in [1.807, 2.05) is 0 Å². The van der Waals surface area contributed by atoms with Crippen molar-refractivity contribution in [2.24, 2.45) is 0 Å². The first-order chi connectivity index (χ1) is 7.36. The highest BCUT2D eigenvalue weighted by molar-refractivity contribution is 8.93. The number of halogens is 1. The SMILES string of the molecule is Br.CCCCN1CN(CC)c2ccccc21. The van der Waals surface area contributed by atoms with Gasteiger partial charge in [-0.3, -0.25) is 0 Å². The van der Waals surface area contributed by atoms with Crippen molar-refractivity contribution in [3.63, 3.8) is 0 Å². The van der Waals surface area contributed by atoms with Crippen LogP contribution in [0.4, 0.5) is 11.4 Å². The fraction of sp³-hybridized carbons (Fsp3) is 0.538. The monoisotopic (exact) mass is 284 g/mol. The molecule has 2 nitrogen and oxygen atoms in total. The second-order valence-corrected chi connectivity index (χ2v) is 4.10. The normalized spacial score (nSPS) is 13.6. The quantitative estimate of drug-likeness (QED) is 0.833. The Hall–Kier alpha value is -0.700. The van der Waals surface area contributed by atoms with Crippen LogP contribution in [0.25, 0.3) is 0 Å². The van der Waals surface area contributed by atoms with Crippen molar-refractivity contribution in [2.75, 3.05) is 29.6 Å². The molecular formula is C13H21BrN2. The summed E-state index contributed by atoms with van der Waals surface area (Å²) in [7, 11) is 0. The molecule has 1 aliphatic rings. The highest BCUT2D eigenvalue weighted by Crippen LogP contribution is 2.35. The lowest BCUT2D eigenvalue weighted by molar-refractivity contribution is 0.717. The van der Waals surface area contributed by atoms with E-state index in [1.165, 1.54) is 30.8 Å². The van der Waals surface area contributed by atoms with Gasteiger partial charge in [-0.2, -0.15) is 0 Å². The maximum atomic E-state index is 2.49. The van der Waals surface area contributed by atoms with Crippen molar-refractivity contribution in [2.45, 2.75) is 26.7 Å². The molecule has 3 heteroatoms. The van der Waals surface area contributed by atoms with E-state index in [0.29, 0.717) is 0 Å². The molecule has 16 heavy (non-hydrogen) atoms. The molecule has 1 aromatic carbocycles. The molecule has 0 aliphatic carbocycles. The van der Waals surface area contributed by atoms with Crippen LogP contribution >= 0.6 is 17.0 Å². The summed E-state index contributed by atoms with van der Waals surface area (Å²) < 4.78 is 0. The lowest BCUT2D eigenvalue weighted by Crippen LogP contribution is -2.31. The second-order valence-electron chi connectivity index (χ2n) is 4.10. The zero-order chi connectivity index (χ0) is 10.7. The molecule has 1 aliphatic heterocycles. The van der Waals surface area contributed by atoms with Crippen LogP contribution in [0.3, 0.4) is 0 Å². The summed E-state index contributed by atoms with van der Waals surface area (Å²) in [5, 5.41) is 0. The van der Waals surface area contributed by atoms with E-state index in [-0.39, 0.29) is 17.0 Å². The molecule has 0 saturated heterocycles. The number of hydrogen-bond donors (Lipinski definition) is 0. The van der Waals surface area contributed by atoms with Crippen LogP contribution in [0.2, 0.25) is 0 Å². The van der Waals surface area contributed by atoms with Gasteiger partial charge in [0.1, 0.15) is 0 Å². The van der Waals surface area contributed by atoms with Gasteiger partial charge >= 0.3 is 0 Å². The average molecular weight is 285 g/mol. The van der Waals surface area contributed by atoms with Gasteiger partial charge < -0.3 is 9.80 Å². The number of para-hydroxylation sites is 2. The molecule has 0 radical (unpaired) electrons. The summed E-state index contributed by atoms with van der Waals surface area (Å²) in [4.78, 5) is 4.92. The lowest BCUT2D eigenvalue weighted by atomic mass is 10.2. The van der Waals surface area contributed by atoms with E-state index < -0.39 is 0 Å².